The first-order valence-corrected chi connectivity index (χ1v) is 5.61. The van der Waals surface area contributed by atoms with Crippen LogP contribution in [-0.4, -0.2) is 4.98 Å². The Kier molecular flexibility index (Phi) is 3.65. The molecule has 0 radical (unpaired) electrons. The molecule has 0 spiro atoms. The van der Waals surface area contributed by atoms with Crippen LogP contribution in [0, 0.1) is 0 Å². The maximum absolute atomic E-state index is 5.98. The minimum Gasteiger partial charge on any atom is -0.365 e. The number of benzene rings is 1. The lowest BCUT2D eigenvalue weighted by Gasteiger charge is -2.07. The second kappa shape index (κ2) is 5.19. The fraction of sp³-hybridized carbons (Fsp3) is 0.0833. The lowest BCUT2D eigenvalue weighted by atomic mass is 10.2. The van der Waals surface area contributed by atoms with Crippen LogP contribution in [0.4, 0.5) is 5.82 Å². The first-order chi connectivity index (χ1) is 7.75. The lowest BCUT2D eigenvalue weighted by molar-refractivity contribution is 1.11. The Morgan fingerprint density at radius 1 is 1.00 bits per heavy atom. The summed E-state index contributed by atoms with van der Waals surface area (Å²) in [5.74, 6) is 0.609. The number of halogens is 2. The highest BCUT2D eigenvalue weighted by Crippen LogP contribution is 2.21. The van der Waals surface area contributed by atoms with E-state index in [1.54, 1.807) is 12.1 Å². The zero-order valence-electron chi connectivity index (χ0n) is 8.45. The van der Waals surface area contributed by atoms with E-state index in [9.17, 15) is 0 Å². The van der Waals surface area contributed by atoms with Gasteiger partial charge in [0, 0.05) is 6.54 Å². The molecule has 0 fully saturated rings. The molecule has 0 aliphatic carbocycles. The smallest absolute Gasteiger partial charge is 0.146 e. The molecule has 82 valence electrons. The zero-order chi connectivity index (χ0) is 11.4. The van der Waals surface area contributed by atoms with E-state index in [0.29, 0.717) is 22.5 Å². The minimum absolute atomic E-state index is 0.431. The summed E-state index contributed by atoms with van der Waals surface area (Å²) in [5.41, 5.74) is 1.17. The van der Waals surface area contributed by atoms with Crippen molar-refractivity contribution in [3.05, 3.63) is 58.2 Å². The van der Waals surface area contributed by atoms with Crippen LogP contribution < -0.4 is 5.32 Å². The van der Waals surface area contributed by atoms with Crippen LogP contribution in [0.15, 0.2) is 42.5 Å². The van der Waals surface area contributed by atoms with Crippen molar-refractivity contribution in [2.45, 2.75) is 6.54 Å². The Bertz CT molecular complexity index is 472. The third-order valence-electron chi connectivity index (χ3n) is 2.11. The molecule has 1 heterocycles. The summed E-state index contributed by atoms with van der Waals surface area (Å²) in [7, 11) is 0. The van der Waals surface area contributed by atoms with Gasteiger partial charge in [0.2, 0.25) is 0 Å². The highest BCUT2D eigenvalue weighted by molar-refractivity contribution is 6.34. The molecule has 0 aliphatic rings. The van der Waals surface area contributed by atoms with Crippen molar-refractivity contribution < 1.29 is 0 Å². The van der Waals surface area contributed by atoms with Gasteiger partial charge in [-0.05, 0) is 17.7 Å². The number of anilines is 1. The van der Waals surface area contributed by atoms with Gasteiger partial charge in [-0.25, -0.2) is 4.98 Å². The molecule has 0 atom stereocenters. The summed E-state index contributed by atoms with van der Waals surface area (Å²) in [5, 5.41) is 4.14. The highest BCUT2D eigenvalue weighted by atomic mass is 35.5. The summed E-state index contributed by atoms with van der Waals surface area (Å²) in [6.45, 7) is 0.675. The second-order valence-electron chi connectivity index (χ2n) is 3.30. The van der Waals surface area contributed by atoms with Gasteiger partial charge in [-0.15, -0.1) is 0 Å². The molecule has 0 aliphatic heterocycles. The maximum atomic E-state index is 5.98. The van der Waals surface area contributed by atoms with Crippen LogP contribution in [0.5, 0.6) is 0 Å². The molecule has 0 unspecified atom stereocenters. The predicted molar refractivity (Wildman–Crippen MR) is 68.0 cm³/mol. The van der Waals surface area contributed by atoms with Crippen LogP contribution in [0.2, 0.25) is 10.2 Å². The number of hydrogen-bond donors (Lipinski definition) is 1. The van der Waals surface area contributed by atoms with Gasteiger partial charge in [-0.1, -0.05) is 53.5 Å². The molecule has 16 heavy (non-hydrogen) atoms. The van der Waals surface area contributed by atoms with E-state index < -0.39 is 0 Å². The van der Waals surface area contributed by atoms with Crippen LogP contribution >= 0.6 is 23.2 Å². The van der Waals surface area contributed by atoms with Crippen LogP contribution in [-0.2, 0) is 6.54 Å². The van der Waals surface area contributed by atoms with E-state index in [1.165, 1.54) is 5.56 Å². The summed E-state index contributed by atoms with van der Waals surface area (Å²) in [6, 6.07) is 13.4. The molecule has 0 bridgehead atoms. The van der Waals surface area contributed by atoms with Gasteiger partial charge in [0.05, 0.1) is 5.02 Å². The van der Waals surface area contributed by atoms with E-state index in [4.69, 9.17) is 23.2 Å². The van der Waals surface area contributed by atoms with Crippen molar-refractivity contribution in [3.8, 4) is 0 Å². The van der Waals surface area contributed by atoms with Gasteiger partial charge in [-0.3, -0.25) is 0 Å². The summed E-state index contributed by atoms with van der Waals surface area (Å²) in [4.78, 5) is 4.11. The quantitative estimate of drug-likeness (QED) is 0.836. The number of pyridine rings is 1. The van der Waals surface area contributed by atoms with E-state index >= 15 is 0 Å². The van der Waals surface area contributed by atoms with Crippen molar-refractivity contribution in [2.75, 3.05) is 5.32 Å². The molecule has 1 N–H and O–H groups in total. The molecule has 0 amide bonds. The summed E-state index contributed by atoms with van der Waals surface area (Å²) < 4.78 is 0. The second-order valence-corrected chi connectivity index (χ2v) is 4.10. The molecule has 2 nitrogen and oxygen atoms in total. The van der Waals surface area contributed by atoms with Gasteiger partial charge < -0.3 is 5.32 Å². The Morgan fingerprint density at radius 2 is 1.75 bits per heavy atom. The molecule has 2 aromatic rings. The van der Waals surface area contributed by atoms with Crippen molar-refractivity contribution in [1.82, 2.24) is 4.98 Å². The first kappa shape index (κ1) is 11.2. The average Bonchev–Trinajstić information content (AvgIpc) is 2.32. The van der Waals surface area contributed by atoms with Gasteiger partial charge in [0.15, 0.2) is 0 Å². The Balaban J connectivity index is 2.08. The van der Waals surface area contributed by atoms with Gasteiger partial charge in [-0.2, -0.15) is 0 Å². The Hall–Kier alpha value is -1.25. The van der Waals surface area contributed by atoms with E-state index in [2.05, 4.69) is 10.3 Å². The monoisotopic (exact) mass is 252 g/mol. The van der Waals surface area contributed by atoms with Gasteiger partial charge >= 0.3 is 0 Å². The van der Waals surface area contributed by atoms with Crippen LogP contribution in [0.1, 0.15) is 5.56 Å². The lowest BCUT2D eigenvalue weighted by Crippen LogP contribution is -2.01. The van der Waals surface area contributed by atoms with Crippen molar-refractivity contribution >= 4 is 29.0 Å². The molecule has 4 heteroatoms. The standard InChI is InChI=1S/C12H10Cl2N2/c13-10-6-7-11(14)16-12(10)15-8-9-4-2-1-3-5-9/h1-7H,8H2,(H,15,16). The number of nitrogens with zero attached hydrogens (tertiary/aromatic N) is 1. The number of hydrogen-bond acceptors (Lipinski definition) is 2. The Morgan fingerprint density at radius 3 is 2.50 bits per heavy atom. The molecule has 2 rings (SSSR count). The molecule has 1 aromatic carbocycles. The number of nitrogens with one attached hydrogen (secondary N) is 1. The molecule has 1 aromatic heterocycles. The normalized spacial score (nSPS) is 10.1. The topological polar surface area (TPSA) is 24.9 Å². The van der Waals surface area contributed by atoms with Gasteiger partial charge in [0.1, 0.15) is 11.0 Å². The molecular weight excluding hydrogens is 243 g/mol. The number of rotatable bonds is 3. The maximum Gasteiger partial charge on any atom is 0.146 e. The third-order valence-corrected chi connectivity index (χ3v) is 2.63. The Labute approximate surface area is 104 Å². The molecular formula is C12H10Cl2N2. The van der Waals surface area contributed by atoms with Crippen LogP contribution in [0.25, 0.3) is 0 Å². The number of aromatic nitrogens is 1. The fourth-order valence-electron chi connectivity index (χ4n) is 1.32. The minimum atomic E-state index is 0.431. The third kappa shape index (κ3) is 2.87. The first-order valence-electron chi connectivity index (χ1n) is 4.85. The SMILES string of the molecule is Clc1ccc(Cl)c(NCc2ccccc2)n1. The predicted octanol–water partition coefficient (Wildman–Crippen LogP) is 4.00. The van der Waals surface area contributed by atoms with Gasteiger partial charge in [0.25, 0.3) is 0 Å². The highest BCUT2D eigenvalue weighted by Gasteiger charge is 2.02. The molecule has 0 saturated carbocycles. The van der Waals surface area contributed by atoms with Crippen LogP contribution in [0.3, 0.4) is 0 Å². The molecule has 0 saturated heterocycles. The van der Waals surface area contributed by atoms with Crippen molar-refractivity contribution in [1.29, 1.82) is 0 Å². The average molecular weight is 253 g/mol. The van der Waals surface area contributed by atoms with Crippen molar-refractivity contribution in [3.63, 3.8) is 0 Å². The zero-order valence-corrected chi connectivity index (χ0v) is 9.96. The van der Waals surface area contributed by atoms with E-state index in [1.807, 2.05) is 30.3 Å². The van der Waals surface area contributed by atoms with Crippen molar-refractivity contribution in [2.24, 2.45) is 0 Å². The largest absolute Gasteiger partial charge is 0.365 e. The summed E-state index contributed by atoms with van der Waals surface area (Å²) in [6.07, 6.45) is 0. The van der Waals surface area contributed by atoms with E-state index in [-0.39, 0.29) is 0 Å². The summed E-state index contributed by atoms with van der Waals surface area (Å²) >= 11 is 11.8. The fourth-order valence-corrected chi connectivity index (χ4v) is 1.64. The van der Waals surface area contributed by atoms with E-state index in [0.717, 1.165) is 0 Å².